The average Bonchev–Trinajstić information content (AvgIpc) is 2.36. The van der Waals surface area contributed by atoms with Crippen LogP contribution in [0.4, 0.5) is 0 Å². The van der Waals surface area contributed by atoms with Gasteiger partial charge in [0, 0.05) is 18.2 Å². The third-order valence-electron chi connectivity index (χ3n) is 1.83. The van der Waals surface area contributed by atoms with E-state index in [1.54, 1.807) is 0 Å². The van der Waals surface area contributed by atoms with Gasteiger partial charge in [-0.1, -0.05) is 11.6 Å². The van der Waals surface area contributed by atoms with Crippen molar-refractivity contribution in [3.05, 3.63) is 28.6 Å². The SMILES string of the molecule is NC(=O)COc1ccc(Oc2cc(Cl)nc(Cl)n2)nn1. The van der Waals surface area contributed by atoms with Gasteiger partial charge in [0.25, 0.3) is 5.91 Å². The number of primary amides is 1. The van der Waals surface area contributed by atoms with Gasteiger partial charge in [0.15, 0.2) is 6.61 Å². The Morgan fingerprint density at radius 2 is 1.85 bits per heavy atom. The minimum atomic E-state index is -0.614. The summed E-state index contributed by atoms with van der Waals surface area (Å²) in [6.45, 7) is -0.286. The van der Waals surface area contributed by atoms with Crippen LogP contribution in [0.3, 0.4) is 0 Å². The van der Waals surface area contributed by atoms with Crippen molar-refractivity contribution in [2.45, 2.75) is 0 Å². The van der Waals surface area contributed by atoms with Crippen molar-refractivity contribution >= 4 is 29.1 Å². The fourth-order valence-corrected chi connectivity index (χ4v) is 1.51. The van der Waals surface area contributed by atoms with Crippen molar-refractivity contribution in [3.63, 3.8) is 0 Å². The van der Waals surface area contributed by atoms with Gasteiger partial charge in [-0.3, -0.25) is 4.79 Å². The second-order valence-electron chi connectivity index (χ2n) is 3.36. The number of hydrogen-bond acceptors (Lipinski definition) is 7. The lowest BCUT2D eigenvalue weighted by Crippen LogP contribution is -2.20. The van der Waals surface area contributed by atoms with Crippen LogP contribution in [0.5, 0.6) is 17.6 Å². The largest absolute Gasteiger partial charge is 0.466 e. The van der Waals surface area contributed by atoms with Gasteiger partial charge in [-0.25, -0.2) is 4.98 Å². The molecule has 0 saturated carbocycles. The molecule has 20 heavy (non-hydrogen) atoms. The van der Waals surface area contributed by atoms with E-state index in [-0.39, 0.29) is 34.7 Å². The van der Waals surface area contributed by atoms with E-state index in [1.165, 1.54) is 18.2 Å². The number of nitrogens with zero attached hydrogens (tertiary/aromatic N) is 4. The summed E-state index contributed by atoms with van der Waals surface area (Å²) < 4.78 is 10.2. The number of amides is 1. The van der Waals surface area contributed by atoms with Crippen LogP contribution in [-0.2, 0) is 4.79 Å². The smallest absolute Gasteiger partial charge is 0.255 e. The Morgan fingerprint density at radius 3 is 2.45 bits per heavy atom. The van der Waals surface area contributed by atoms with Crippen LogP contribution >= 0.6 is 23.2 Å². The van der Waals surface area contributed by atoms with Crippen molar-refractivity contribution in [2.75, 3.05) is 6.61 Å². The molecule has 104 valence electrons. The van der Waals surface area contributed by atoms with Gasteiger partial charge in [-0.05, 0) is 11.6 Å². The molecule has 0 atom stereocenters. The van der Waals surface area contributed by atoms with E-state index < -0.39 is 5.91 Å². The highest BCUT2D eigenvalue weighted by Gasteiger charge is 2.06. The lowest BCUT2D eigenvalue weighted by molar-refractivity contribution is -0.120. The summed E-state index contributed by atoms with van der Waals surface area (Å²) in [4.78, 5) is 18.0. The lowest BCUT2D eigenvalue weighted by atomic mass is 10.5. The summed E-state index contributed by atoms with van der Waals surface area (Å²) >= 11 is 11.3. The number of aromatic nitrogens is 4. The standard InChI is InChI=1S/C10H7Cl2N5O3/c11-5-3-9(15-10(12)14-5)20-8-2-1-7(16-17-8)19-4-6(13)18/h1-3H,4H2,(H2,13,18). The monoisotopic (exact) mass is 315 g/mol. The predicted molar refractivity (Wildman–Crippen MR) is 68.8 cm³/mol. The number of carbonyl (C=O) groups excluding carboxylic acids is 1. The number of ether oxygens (including phenoxy) is 2. The van der Waals surface area contributed by atoms with Crippen molar-refractivity contribution in [3.8, 4) is 17.6 Å². The van der Waals surface area contributed by atoms with Crippen LogP contribution in [0.2, 0.25) is 10.4 Å². The molecule has 2 aromatic rings. The fourth-order valence-electron chi connectivity index (χ4n) is 1.11. The number of rotatable bonds is 5. The summed E-state index contributed by atoms with van der Waals surface area (Å²) in [5.41, 5.74) is 4.92. The Balaban J connectivity index is 2.04. The van der Waals surface area contributed by atoms with Crippen LogP contribution in [0.15, 0.2) is 18.2 Å². The van der Waals surface area contributed by atoms with E-state index in [0.717, 1.165) is 0 Å². The second kappa shape index (κ2) is 6.31. The number of halogens is 2. The van der Waals surface area contributed by atoms with Crippen molar-refractivity contribution < 1.29 is 14.3 Å². The first-order chi connectivity index (χ1) is 9.52. The minimum Gasteiger partial charge on any atom is -0.466 e. The Labute approximate surface area is 122 Å². The summed E-state index contributed by atoms with van der Waals surface area (Å²) in [5, 5.41) is 7.47. The molecule has 0 aromatic carbocycles. The molecular weight excluding hydrogens is 309 g/mol. The number of nitrogens with two attached hydrogens (primary N) is 1. The molecule has 0 saturated heterocycles. The molecule has 2 heterocycles. The maximum Gasteiger partial charge on any atom is 0.255 e. The highest BCUT2D eigenvalue weighted by atomic mass is 35.5. The van der Waals surface area contributed by atoms with Crippen molar-refractivity contribution in [1.82, 2.24) is 20.2 Å². The highest BCUT2D eigenvalue weighted by Crippen LogP contribution is 2.21. The van der Waals surface area contributed by atoms with E-state index in [4.69, 9.17) is 38.4 Å². The van der Waals surface area contributed by atoms with Crippen LogP contribution in [0, 0.1) is 0 Å². The zero-order valence-corrected chi connectivity index (χ0v) is 11.3. The Morgan fingerprint density at radius 1 is 1.15 bits per heavy atom. The van der Waals surface area contributed by atoms with Gasteiger partial charge in [0.2, 0.25) is 22.9 Å². The van der Waals surface area contributed by atoms with Gasteiger partial charge < -0.3 is 15.2 Å². The molecule has 2 N–H and O–H groups in total. The summed E-state index contributed by atoms with van der Waals surface area (Å²) in [7, 11) is 0. The van der Waals surface area contributed by atoms with E-state index in [1.807, 2.05) is 0 Å². The molecule has 2 rings (SSSR count). The van der Waals surface area contributed by atoms with Gasteiger partial charge in [-0.15, -0.1) is 10.2 Å². The van der Waals surface area contributed by atoms with Crippen LogP contribution in [-0.4, -0.2) is 32.7 Å². The second-order valence-corrected chi connectivity index (χ2v) is 4.09. The minimum absolute atomic E-state index is 0.0538. The number of hydrogen-bond donors (Lipinski definition) is 1. The van der Waals surface area contributed by atoms with E-state index in [9.17, 15) is 4.79 Å². The topological polar surface area (TPSA) is 113 Å². The zero-order valence-electron chi connectivity index (χ0n) is 9.79. The van der Waals surface area contributed by atoms with Crippen LogP contribution in [0.1, 0.15) is 0 Å². The first kappa shape index (κ1) is 14.2. The predicted octanol–water partition coefficient (Wildman–Crippen LogP) is 1.23. The number of carbonyl (C=O) groups is 1. The average molecular weight is 316 g/mol. The molecule has 0 aliphatic rings. The van der Waals surface area contributed by atoms with Crippen molar-refractivity contribution in [2.24, 2.45) is 5.73 Å². The van der Waals surface area contributed by atoms with Gasteiger partial charge in [-0.2, -0.15) is 4.98 Å². The molecule has 0 aliphatic carbocycles. The molecule has 8 nitrogen and oxygen atoms in total. The van der Waals surface area contributed by atoms with Crippen molar-refractivity contribution in [1.29, 1.82) is 0 Å². The summed E-state index contributed by atoms with van der Waals surface area (Å²) in [6.07, 6.45) is 0. The fraction of sp³-hybridized carbons (Fsp3) is 0.100. The molecule has 0 radical (unpaired) electrons. The van der Waals surface area contributed by atoms with Crippen LogP contribution < -0.4 is 15.2 Å². The van der Waals surface area contributed by atoms with Gasteiger partial charge >= 0.3 is 0 Å². The molecule has 0 aliphatic heterocycles. The third kappa shape index (κ3) is 4.18. The van der Waals surface area contributed by atoms with Gasteiger partial charge in [0.05, 0.1) is 0 Å². The third-order valence-corrected chi connectivity index (χ3v) is 2.19. The highest BCUT2D eigenvalue weighted by molar-refractivity contribution is 6.31. The molecule has 0 unspecified atom stereocenters. The van der Waals surface area contributed by atoms with E-state index >= 15 is 0 Å². The molecule has 1 amide bonds. The molecular formula is C10H7Cl2N5O3. The summed E-state index contributed by atoms with van der Waals surface area (Å²) in [6, 6.07) is 4.29. The maximum atomic E-state index is 10.5. The molecule has 0 fully saturated rings. The van der Waals surface area contributed by atoms with Crippen LogP contribution in [0.25, 0.3) is 0 Å². The molecule has 2 aromatic heterocycles. The van der Waals surface area contributed by atoms with E-state index in [0.29, 0.717) is 0 Å². The zero-order chi connectivity index (χ0) is 14.5. The Hall–Kier alpha value is -2.19. The van der Waals surface area contributed by atoms with Gasteiger partial charge in [0.1, 0.15) is 5.15 Å². The summed E-state index contributed by atoms with van der Waals surface area (Å²) in [5.74, 6) is -0.218. The first-order valence-corrected chi connectivity index (χ1v) is 5.91. The normalized spacial score (nSPS) is 10.1. The molecule has 0 spiro atoms. The molecule has 0 bridgehead atoms. The lowest BCUT2D eigenvalue weighted by Gasteiger charge is -2.05. The van der Waals surface area contributed by atoms with E-state index in [2.05, 4.69) is 20.2 Å². The maximum absolute atomic E-state index is 10.5. The molecule has 10 heteroatoms. The Bertz CT molecular complexity index is 603. The first-order valence-electron chi connectivity index (χ1n) is 5.16. The Kier molecular flexibility index (Phi) is 4.49. The quantitative estimate of drug-likeness (QED) is 0.652.